The molecule has 2 N–H and O–H groups in total. The molecule has 0 saturated heterocycles. The lowest BCUT2D eigenvalue weighted by molar-refractivity contribution is 0.0423. The van der Waals surface area contributed by atoms with Crippen LogP contribution in [0.4, 0.5) is 0 Å². The highest BCUT2D eigenvalue weighted by molar-refractivity contribution is 4.88. The second kappa shape index (κ2) is 5.50. The van der Waals surface area contributed by atoms with Crippen molar-refractivity contribution in [2.75, 3.05) is 6.54 Å². The molecule has 0 unspecified atom stereocenters. The van der Waals surface area contributed by atoms with E-state index in [9.17, 15) is 5.11 Å². The van der Waals surface area contributed by atoms with Gasteiger partial charge in [0.25, 0.3) is 0 Å². The zero-order valence-electron chi connectivity index (χ0n) is 10.7. The maximum Gasteiger partial charge on any atom is 0.0771 e. The third-order valence-electron chi connectivity index (χ3n) is 4.64. The van der Waals surface area contributed by atoms with Gasteiger partial charge in [-0.15, -0.1) is 0 Å². The van der Waals surface area contributed by atoms with Gasteiger partial charge in [-0.3, -0.25) is 0 Å². The van der Waals surface area contributed by atoms with Crippen LogP contribution >= 0.6 is 0 Å². The summed E-state index contributed by atoms with van der Waals surface area (Å²) in [6.07, 6.45) is 11.4. The molecule has 0 aromatic rings. The van der Waals surface area contributed by atoms with Crippen molar-refractivity contribution >= 4 is 0 Å². The van der Waals surface area contributed by atoms with Crippen molar-refractivity contribution < 1.29 is 5.11 Å². The Balaban J connectivity index is 1.71. The molecule has 2 nitrogen and oxygen atoms in total. The second-order valence-electron chi connectivity index (χ2n) is 6.00. The maximum atomic E-state index is 10.3. The first kappa shape index (κ1) is 12.4. The van der Waals surface area contributed by atoms with Crippen molar-refractivity contribution in [3.63, 3.8) is 0 Å². The molecule has 2 heteroatoms. The van der Waals surface area contributed by atoms with Crippen molar-refractivity contribution in [2.24, 2.45) is 5.92 Å². The lowest BCUT2D eigenvalue weighted by Gasteiger charge is -2.31. The Kier molecular flexibility index (Phi) is 4.26. The van der Waals surface area contributed by atoms with Gasteiger partial charge in [0.15, 0.2) is 0 Å². The lowest BCUT2D eigenvalue weighted by atomic mass is 9.84. The van der Waals surface area contributed by atoms with E-state index in [0.29, 0.717) is 6.04 Å². The van der Waals surface area contributed by atoms with Gasteiger partial charge in [-0.2, -0.15) is 0 Å². The molecule has 0 spiro atoms. The fourth-order valence-corrected chi connectivity index (χ4v) is 3.36. The summed E-state index contributed by atoms with van der Waals surface area (Å²) in [6.45, 7) is 3.11. The molecule has 1 atom stereocenters. The molecule has 2 aliphatic rings. The molecule has 0 amide bonds. The molecule has 94 valence electrons. The molecule has 0 aromatic heterocycles. The summed E-state index contributed by atoms with van der Waals surface area (Å²) in [7, 11) is 0. The summed E-state index contributed by atoms with van der Waals surface area (Å²) in [5, 5.41) is 13.9. The molecule has 0 aromatic carbocycles. The van der Waals surface area contributed by atoms with Gasteiger partial charge in [0, 0.05) is 12.6 Å². The Morgan fingerprint density at radius 1 is 1.12 bits per heavy atom. The Labute approximate surface area is 99.8 Å². The smallest absolute Gasteiger partial charge is 0.0771 e. The van der Waals surface area contributed by atoms with Gasteiger partial charge in [0.2, 0.25) is 0 Å². The number of rotatable bonds is 4. The topological polar surface area (TPSA) is 32.3 Å². The van der Waals surface area contributed by atoms with Crippen LogP contribution in [0.5, 0.6) is 0 Å². The van der Waals surface area contributed by atoms with Crippen molar-refractivity contribution in [1.82, 2.24) is 5.32 Å². The van der Waals surface area contributed by atoms with Crippen molar-refractivity contribution in [2.45, 2.75) is 76.4 Å². The predicted molar refractivity (Wildman–Crippen MR) is 67.5 cm³/mol. The summed E-state index contributed by atoms with van der Waals surface area (Å²) in [5.41, 5.74) is -0.386. The first-order chi connectivity index (χ1) is 7.70. The Bertz CT molecular complexity index is 205. The van der Waals surface area contributed by atoms with E-state index in [-0.39, 0.29) is 5.60 Å². The molecule has 2 rings (SSSR count). The van der Waals surface area contributed by atoms with Gasteiger partial charge in [-0.1, -0.05) is 32.1 Å². The van der Waals surface area contributed by atoms with Crippen LogP contribution in [0.15, 0.2) is 0 Å². The normalized spacial score (nSPS) is 28.1. The molecule has 2 fully saturated rings. The number of aliphatic hydroxyl groups is 1. The molecule has 2 aliphatic carbocycles. The van der Waals surface area contributed by atoms with Gasteiger partial charge in [-0.25, -0.2) is 0 Å². The highest BCUT2D eigenvalue weighted by Crippen LogP contribution is 2.30. The Morgan fingerprint density at radius 2 is 1.75 bits per heavy atom. The van der Waals surface area contributed by atoms with Gasteiger partial charge in [0.05, 0.1) is 5.60 Å². The minimum Gasteiger partial charge on any atom is -0.389 e. The summed E-state index contributed by atoms with van der Waals surface area (Å²) in [5.74, 6) is 0.846. The van der Waals surface area contributed by atoms with Crippen LogP contribution in [0.25, 0.3) is 0 Å². The standard InChI is InChI=1S/C14H27NO/c1-12(13-7-3-2-4-8-13)15-11-14(16)9-5-6-10-14/h12-13,15-16H,2-11H2,1H3/t12-/m1/s1. The average Bonchev–Trinajstić information content (AvgIpc) is 2.75. The summed E-state index contributed by atoms with van der Waals surface area (Å²) in [6, 6.07) is 0.588. The summed E-state index contributed by atoms with van der Waals surface area (Å²) in [4.78, 5) is 0. The van der Waals surface area contributed by atoms with E-state index >= 15 is 0 Å². The van der Waals surface area contributed by atoms with Crippen LogP contribution in [-0.2, 0) is 0 Å². The largest absolute Gasteiger partial charge is 0.389 e. The van der Waals surface area contributed by atoms with Crippen LogP contribution in [-0.4, -0.2) is 23.3 Å². The molecular weight excluding hydrogens is 198 g/mol. The van der Waals surface area contributed by atoms with Gasteiger partial charge in [0.1, 0.15) is 0 Å². The van der Waals surface area contributed by atoms with Crippen LogP contribution < -0.4 is 5.32 Å². The first-order valence-corrected chi connectivity index (χ1v) is 7.15. The average molecular weight is 225 g/mol. The molecule has 2 saturated carbocycles. The van der Waals surface area contributed by atoms with E-state index in [1.54, 1.807) is 0 Å². The lowest BCUT2D eigenvalue weighted by Crippen LogP contribution is -2.44. The highest BCUT2D eigenvalue weighted by Gasteiger charge is 2.31. The number of nitrogens with one attached hydrogen (secondary N) is 1. The second-order valence-corrected chi connectivity index (χ2v) is 6.00. The zero-order valence-corrected chi connectivity index (χ0v) is 10.7. The summed E-state index contributed by atoms with van der Waals surface area (Å²) >= 11 is 0. The molecular formula is C14H27NO. The van der Waals surface area contributed by atoms with Crippen LogP contribution in [0, 0.1) is 5.92 Å². The van der Waals surface area contributed by atoms with Crippen LogP contribution in [0.3, 0.4) is 0 Å². The van der Waals surface area contributed by atoms with Gasteiger partial charge >= 0.3 is 0 Å². The maximum absolute atomic E-state index is 10.3. The zero-order chi connectivity index (χ0) is 11.4. The third kappa shape index (κ3) is 3.21. The fourth-order valence-electron chi connectivity index (χ4n) is 3.36. The Morgan fingerprint density at radius 3 is 2.38 bits per heavy atom. The van der Waals surface area contributed by atoms with Gasteiger partial charge in [-0.05, 0) is 38.5 Å². The quantitative estimate of drug-likeness (QED) is 0.771. The minimum absolute atomic E-state index is 0.386. The van der Waals surface area contributed by atoms with Crippen molar-refractivity contribution in [3.05, 3.63) is 0 Å². The van der Waals surface area contributed by atoms with Crippen LogP contribution in [0.1, 0.15) is 64.7 Å². The van der Waals surface area contributed by atoms with Crippen LogP contribution in [0.2, 0.25) is 0 Å². The predicted octanol–water partition coefficient (Wildman–Crippen LogP) is 2.85. The van der Waals surface area contributed by atoms with E-state index in [0.717, 1.165) is 25.3 Å². The minimum atomic E-state index is -0.386. The highest BCUT2D eigenvalue weighted by atomic mass is 16.3. The summed E-state index contributed by atoms with van der Waals surface area (Å²) < 4.78 is 0. The third-order valence-corrected chi connectivity index (χ3v) is 4.64. The molecule has 0 radical (unpaired) electrons. The Hall–Kier alpha value is -0.0800. The molecule has 0 bridgehead atoms. The van der Waals surface area contributed by atoms with Gasteiger partial charge < -0.3 is 10.4 Å². The monoisotopic (exact) mass is 225 g/mol. The van der Waals surface area contributed by atoms with Crippen molar-refractivity contribution in [3.8, 4) is 0 Å². The SMILES string of the molecule is C[C@@H](NCC1(O)CCCC1)C1CCCCC1. The molecule has 0 heterocycles. The molecule has 16 heavy (non-hydrogen) atoms. The number of hydrogen-bond donors (Lipinski definition) is 2. The van der Waals surface area contributed by atoms with E-state index in [1.807, 2.05) is 0 Å². The van der Waals surface area contributed by atoms with E-state index in [2.05, 4.69) is 12.2 Å². The van der Waals surface area contributed by atoms with E-state index in [1.165, 1.54) is 44.9 Å². The first-order valence-electron chi connectivity index (χ1n) is 7.15. The van der Waals surface area contributed by atoms with E-state index < -0.39 is 0 Å². The molecule has 0 aliphatic heterocycles. The number of hydrogen-bond acceptors (Lipinski definition) is 2. The fraction of sp³-hybridized carbons (Fsp3) is 1.00. The van der Waals surface area contributed by atoms with E-state index in [4.69, 9.17) is 0 Å². The van der Waals surface area contributed by atoms with Crippen molar-refractivity contribution in [1.29, 1.82) is 0 Å².